The number of benzene rings is 2. The molecule has 0 radical (unpaired) electrons. The summed E-state index contributed by atoms with van der Waals surface area (Å²) >= 11 is 0. The lowest BCUT2D eigenvalue weighted by Crippen LogP contribution is -2.46. The van der Waals surface area contributed by atoms with Crippen LogP contribution in [-0.2, 0) is 0 Å². The molecular formula is C24H31N5O2. The number of ether oxygens (including phenoxy) is 1. The summed E-state index contributed by atoms with van der Waals surface area (Å²) < 4.78 is 5.50. The normalized spacial score (nSPS) is 14.7. The number of methoxy groups -OCH3 is 1. The molecule has 3 N–H and O–H groups in total. The van der Waals surface area contributed by atoms with Crippen LogP contribution in [0.2, 0.25) is 0 Å². The molecule has 7 nitrogen and oxygen atoms in total. The van der Waals surface area contributed by atoms with E-state index in [1.165, 1.54) is 5.69 Å². The van der Waals surface area contributed by atoms with Gasteiger partial charge in [0.25, 0.3) is 0 Å². The Morgan fingerprint density at radius 3 is 2.55 bits per heavy atom. The van der Waals surface area contributed by atoms with E-state index in [1.54, 1.807) is 12.0 Å². The molecule has 0 bridgehead atoms. The third-order valence-corrected chi connectivity index (χ3v) is 5.98. The highest BCUT2D eigenvalue weighted by molar-refractivity contribution is 5.94. The van der Waals surface area contributed by atoms with Gasteiger partial charge in [-0.05, 0) is 43.7 Å². The van der Waals surface area contributed by atoms with Crippen molar-refractivity contribution < 1.29 is 9.53 Å². The maximum Gasteiger partial charge on any atom is 0.320 e. The zero-order valence-electron chi connectivity index (χ0n) is 18.1. The second-order valence-corrected chi connectivity index (χ2v) is 7.94. The van der Waals surface area contributed by atoms with Gasteiger partial charge in [-0.15, -0.1) is 0 Å². The number of para-hydroxylation sites is 3. The lowest BCUT2D eigenvalue weighted by Gasteiger charge is -2.36. The third kappa shape index (κ3) is 4.94. The Hall–Kier alpha value is -3.19. The van der Waals surface area contributed by atoms with E-state index < -0.39 is 6.03 Å². The highest BCUT2D eigenvalue weighted by Gasteiger charge is 2.20. The van der Waals surface area contributed by atoms with E-state index in [9.17, 15) is 4.79 Å². The largest absolute Gasteiger partial charge is 0.495 e. The average molecular weight is 422 g/mol. The Morgan fingerprint density at radius 1 is 1.06 bits per heavy atom. The van der Waals surface area contributed by atoms with E-state index in [-0.39, 0.29) is 0 Å². The lowest BCUT2D eigenvalue weighted by molar-refractivity contribution is 0.248. The highest BCUT2D eigenvalue weighted by atomic mass is 16.5. The number of nitrogens with zero attached hydrogens (tertiary/aromatic N) is 3. The molecule has 1 fully saturated rings. The number of nitrogens with one attached hydrogen (secondary N) is 1. The van der Waals surface area contributed by atoms with Crippen molar-refractivity contribution in [1.29, 1.82) is 0 Å². The summed E-state index contributed by atoms with van der Waals surface area (Å²) in [6.07, 6.45) is 1.93. The second kappa shape index (κ2) is 9.75. The number of primary amides is 1. The van der Waals surface area contributed by atoms with Crippen LogP contribution >= 0.6 is 0 Å². The highest BCUT2D eigenvalue weighted by Crippen LogP contribution is 2.28. The number of nitrogens with two attached hydrogens (primary N) is 1. The maximum atomic E-state index is 12.0. The fourth-order valence-corrected chi connectivity index (χ4v) is 4.26. The number of rotatable bonds is 8. The zero-order valence-corrected chi connectivity index (χ0v) is 18.1. The summed E-state index contributed by atoms with van der Waals surface area (Å²) in [5, 5.41) is 1.08. The predicted molar refractivity (Wildman–Crippen MR) is 126 cm³/mol. The molecule has 2 aromatic carbocycles. The molecule has 2 amide bonds. The summed E-state index contributed by atoms with van der Waals surface area (Å²) in [6, 6.07) is 17.8. The van der Waals surface area contributed by atoms with Crippen LogP contribution in [0.1, 0.15) is 12.8 Å². The van der Waals surface area contributed by atoms with Crippen molar-refractivity contribution in [2.45, 2.75) is 12.8 Å². The van der Waals surface area contributed by atoms with Gasteiger partial charge in [0.2, 0.25) is 0 Å². The molecule has 0 saturated carbocycles. The lowest BCUT2D eigenvalue weighted by atomic mass is 10.2. The molecule has 0 aliphatic carbocycles. The molecule has 1 saturated heterocycles. The molecule has 0 spiro atoms. The van der Waals surface area contributed by atoms with Crippen molar-refractivity contribution in [2.75, 3.05) is 56.2 Å². The Kier molecular flexibility index (Phi) is 6.62. The van der Waals surface area contributed by atoms with E-state index in [0.717, 1.165) is 68.0 Å². The monoisotopic (exact) mass is 421 g/mol. The second-order valence-electron chi connectivity index (χ2n) is 7.94. The number of unbranched alkanes of at least 4 members (excludes halogenated alkanes) is 1. The predicted octanol–water partition coefficient (Wildman–Crippen LogP) is 3.66. The van der Waals surface area contributed by atoms with Gasteiger partial charge >= 0.3 is 6.03 Å². The number of urea groups is 1. The van der Waals surface area contributed by atoms with Crippen molar-refractivity contribution in [2.24, 2.45) is 5.73 Å². The minimum atomic E-state index is -0.419. The fraction of sp³-hybridized carbons (Fsp3) is 0.375. The molecule has 0 atom stereocenters. The van der Waals surface area contributed by atoms with Gasteiger partial charge in [0.1, 0.15) is 11.6 Å². The Morgan fingerprint density at radius 2 is 1.81 bits per heavy atom. The topological polar surface area (TPSA) is 77.8 Å². The first kappa shape index (κ1) is 21.1. The number of aromatic amines is 1. The van der Waals surface area contributed by atoms with Crippen molar-refractivity contribution in [3.05, 3.63) is 54.6 Å². The summed E-state index contributed by atoms with van der Waals surface area (Å²) in [7, 11) is 1.72. The number of amides is 2. The van der Waals surface area contributed by atoms with E-state index in [0.29, 0.717) is 6.54 Å². The van der Waals surface area contributed by atoms with Crippen LogP contribution in [0.4, 0.5) is 16.3 Å². The standard InChI is InChI=1S/C24H31N5O2/c1-31-22-11-5-4-10-21(22)28-16-14-27(15-17-28)12-6-7-13-29(24(25)30)23-18-19-8-2-3-9-20(19)26-23/h2-5,8-11,18,26H,6-7,12-17H2,1H3,(H2,25,30). The van der Waals surface area contributed by atoms with Crippen molar-refractivity contribution in [3.63, 3.8) is 0 Å². The molecule has 1 aliphatic heterocycles. The Balaban J connectivity index is 1.24. The third-order valence-electron chi connectivity index (χ3n) is 5.98. The molecule has 1 aromatic heterocycles. The molecule has 164 valence electrons. The molecule has 4 rings (SSSR count). The van der Waals surface area contributed by atoms with Crippen LogP contribution in [-0.4, -0.2) is 62.3 Å². The number of carbonyl (C=O) groups is 1. The van der Waals surface area contributed by atoms with Gasteiger partial charge < -0.3 is 20.4 Å². The Labute approximate surface area is 183 Å². The average Bonchev–Trinajstić information content (AvgIpc) is 3.23. The molecule has 2 heterocycles. The molecule has 7 heteroatoms. The van der Waals surface area contributed by atoms with Gasteiger partial charge in [0.05, 0.1) is 12.8 Å². The molecule has 0 unspecified atom stereocenters. The van der Waals surface area contributed by atoms with Crippen LogP contribution in [0, 0.1) is 0 Å². The quantitative estimate of drug-likeness (QED) is 0.544. The van der Waals surface area contributed by atoms with Crippen molar-refractivity contribution >= 4 is 28.4 Å². The first-order chi connectivity index (χ1) is 15.2. The van der Waals surface area contributed by atoms with Crippen molar-refractivity contribution in [1.82, 2.24) is 9.88 Å². The minimum Gasteiger partial charge on any atom is -0.495 e. The van der Waals surface area contributed by atoms with Crippen LogP contribution in [0.25, 0.3) is 10.9 Å². The van der Waals surface area contributed by atoms with E-state index in [4.69, 9.17) is 10.5 Å². The number of hydrogen-bond acceptors (Lipinski definition) is 4. The van der Waals surface area contributed by atoms with Crippen molar-refractivity contribution in [3.8, 4) is 5.75 Å². The first-order valence-electron chi connectivity index (χ1n) is 10.9. The fourth-order valence-electron chi connectivity index (χ4n) is 4.26. The summed E-state index contributed by atoms with van der Waals surface area (Å²) in [4.78, 5) is 21.8. The molecule has 3 aromatic rings. The number of aromatic nitrogens is 1. The summed E-state index contributed by atoms with van der Waals surface area (Å²) in [5.41, 5.74) is 7.83. The smallest absolute Gasteiger partial charge is 0.320 e. The zero-order chi connectivity index (χ0) is 21.6. The molecular weight excluding hydrogens is 390 g/mol. The maximum absolute atomic E-state index is 12.0. The van der Waals surface area contributed by atoms with Crippen LogP contribution in [0.15, 0.2) is 54.6 Å². The number of carbonyl (C=O) groups excluding carboxylic acids is 1. The summed E-state index contributed by atoms with van der Waals surface area (Å²) in [5.74, 6) is 1.69. The van der Waals surface area contributed by atoms with E-state index in [2.05, 4.69) is 26.9 Å². The van der Waals surface area contributed by atoms with Crippen LogP contribution in [0.5, 0.6) is 5.75 Å². The van der Waals surface area contributed by atoms with Gasteiger partial charge in [-0.2, -0.15) is 0 Å². The van der Waals surface area contributed by atoms with E-state index >= 15 is 0 Å². The molecule has 1 aliphatic rings. The summed E-state index contributed by atoms with van der Waals surface area (Å²) in [6.45, 7) is 5.67. The number of anilines is 2. The van der Waals surface area contributed by atoms with Gasteiger partial charge in [0.15, 0.2) is 0 Å². The number of fused-ring (bicyclic) bond motifs is 1. The van der Waals surface area contributed by atoms with Gasteiger partial charge in [-0.1, -0.05) is 30.3 Å². The van der Waals surface area contributed by atoms with Crippen LogP contribution in [0.3, 0.4) is 0 Å². The van der Waals surface area contributed by atoms with Gasteiger partial charge in [0, 0.05) is 43.6 Å². The number of hydrogen-bond donors (Lipinski definition) is 2. The number of H-pyrrole nitrogens is 1. The van der Waals surface area contributed by atoms with E-state index in [1.807, 2.05) is 42.5 Å². The Bertz CT molecular complexity index is 977. The van der Waals surface area contributed by atoms with Gasteiger partial charge in [-0.25, -0.2) is 4.79 Å². The first-order valence-corrected chi connectivity index (χ1v) is 10.9. The minimum absolute atomic E-state index is 0.419. The van der Waals surface area contributed by atoms with Gasteiger partial charge in [-0.3, -0.25) is 9.80 Å². The van der Waals surface area contributed by atoms with Crippen LogP contribution < -0.4 is 20.3 Å². The SMILES string of the molecule is COc1ccccc1N1CCN(CCCCN(C(N)=O)c2cc3ccccc3[nH]2)CC1. The number of piperazine rings is 1. The molecule has 31 heavy (non-hydrogen) atoms.